The van der Waals surface area contributed by atoms with E-state index in [1.807, 2.05) is 36.0 Å². The van der Waals surface area contributed by atoms with Gasteiger partial charge in [0.2, 0.25) is 0 Å². The third-order valence-corrected chi connectivity index (χ3v) is 2.95. The molecule has 1 N–H and O–H groups in total. The summed E-state index contributed by atoms with van der Waals surface area (Å²) in [6.45, 7) is 6.24. The van der Waals surface area contributed by atoms with Gasteiger partial charge in [-0.2, -0.15) is 5.10 Å². The van der Waals surface area contributed by atoms with Gasteiger partial charge in [-0.3, -0.25) is 4.68 Å². The molecule has 2 rings (SSSR count). The predicted octanol–water partition coefficient (Wildman–Crippen LogP) is 3.99. The molecule has 0 aliphatic rings. The lowest BCUT2D eigenvalue weighted by Crippen LogP contribution is -2.07. The van der Waals surface area contributed by atoms with Gasteiger partial charge in [0.1, 0.15) is 11.6 Å². The first-order valence-corrected chi connectivity index (χ1v) is 6.42. The minimum Gasteiger partial charge on any atom is -0.452 e. The van der Waals surface area contributed by atoms with Crippen molar-refractivity contribution in [2.45, 2.75) is 32.9 Å². The third-order valence-electron chi connectivity index (χ3n) is 2.52. The van der Waals surface area contributed by atoms with Crippen LogP contribution in [0, 0.1) is 0 Å². The summed E-state index contributed by atoms with van der Waals surface area (Å²) in [5.41, 5.74) is 0. The maximum absolute atomic E-state index is 5.49. The second-order valence-corrected chi connectivity index (χ2v) is 5.06. The van der Waals surface area contributed by atoms with Gasteiger partial charge in [-0.25, -0.2) is 0 Å². The van der Waals surface area contributed by atoms with Gasteiger partial charge < -0.3 is 9.73 Å². The van der Waals surface area contributed by atoms with Crippen molar-refractivity contribution in [3.63, 3.8) is 0 Å². The number of hydrogen-bond acceptors (Lipinski definition) is 3. The number of hydrogen-bond donors (Lipinski definition) is 1. The number of halogens is 1. The van der Waals surface area contributed by atoms with Gasteiger partial charge in [-0.15, -0.1) is 0 Å². The monoisotopic (exact) mass is 297 g/mol. The van der Waals surface area contributed by atoms with Crippen LogP contribution >= 0.6 is 15.9 Å². The first-order chi connectivity index (χ1) is 8.06. The van der Waals surface area contributed by atoms with Crippen molar-refractivity contribution >= 4 is 21.7 Å². The molecule has 0 aromatic carbocycles. The van der Waals surface area contributed by atoms with Crippen LogP contribution in [0.2, 0.25) is 0 Å². The quantitative estimate of drug-likeness (QED) is 0.928. The zero-order valence-electron chi connectivity index (χ0n) is 10.1. The fourth-order valence-electron chi connectivity index (χ4n) is 1.56. The minimum atomic E-state index is 0.0943. The molecule has 0 amide bonds. The number of anilines is 1. The summed E-state index contributed by atoms with van der Waals surface area (Å²) in [6.07, 6.45) is 1.97. The van der Waals surface area contributed by atoms with E-state index in [1.165, 1.54) is 0 Å². The molecule has 1 atom stereocenters. The molecule has 2 aromatic rings. The van der Waals surface area contributed by atoms with Gasteiger partial charge in [0.05, 0.1) is 6.04 Å². The highest BCUT2D eigenvalue weighted by Gasteiger charge is 2.11. The molecule has 17 heavy (non-hydrogen) atoms. The zero-order valence-corrected chi connectivity index (χ0v) is 11.7. The number of furan rings is 1. The van der Waals surface area contributed by atoms with Crippen LogP contribution in [0.1, 0.15) is 38.6 Å². The predicted molar refractivity (Wildman–Crippen MR) is 71.1 cm³/mol. The van der Waals surface area contributed by atoms with Gasteiger partial charge in [-0.1, -0.05) is 0 Å². The molecular formula is C12H16BrN3O. The van der Waals surface area contributed by atoms with Crippen LogP contribution in [-0.4, -0.2) is 9.78 Å². The Hall–Kier alpha value is -1.23. The largest absolute Gasteiger partial charge is 0.452 e. The average Bonchev–Trinajstić information content (AvgIpc) is 2.86. The summed E-state index contributed by atoms with van der Waals surface area (Å²) >= 11 is 3.29. The molecule has 0 fully saturated rings. The highest BCUT2D eigenvalue weighted by atomic mass is 79.9. The van der Waals surface area contributed by atoms with Crippen molar-refractivity contribution in [1.29, 1.82) is 0 Å². The lowest BCUT2D eigenvalue weighted by atomic mass is 10.2. The van der Waals surface area contributed by atoms with Gasteiger partial charge in [-0.05, 0) is 48.8 Å². The van der Waals surface area contributed by atoms with Crippen molar-refractivity contribution < 1.29 is 4.42 Å². The molecule has 0 radical (unpaired) electrons. The van der Waals surface area contributed by atoms with Crippen LogP contribution in [0.4, 0.5) is 5.82 Å². The smallest absolute Gasteiger partial charge is 0.169 e. The first-order valence-electron chi connectivity index (χ1n) is 5.63. The molecule has 0 saturated carbocycles. The van der Waals surface area contributed by atoms with E-state index < -0.39 is 0 Å². The van der Waals surface area contributed by atoms with Crippen LogP contribution < -0.4 is 5.32 Å². The molecule has 0 saturated heterocycles. The topological polar surface area (TPSA) is 43.0 Å². The number of nitrogens with zero attached hydrogens (tertiary/aromatic N) is 2. The molecule has 0 aliphatic heterocycles. The minimum absolute atomic E-state index is 0.0943. The van der Waals surface area contributed by atoms with Crippen molar-refractivity contribution in [2.75, 3.05) is 5.32 Å². The molecule has 0 bridgehead atoms. The number of nitrogens with one attached hydrogen (secondary N) is 1. The Balaban J connectivity index is 2.05. The molecule has 2 heterocycles. The Bertz CT molecular complexity index is 489. The summed E-state index contributed by atoms with van der Waals surface area (Å²) in [4.78, 5) is 0. The third kappa shape index (κ3) is 2.91. The van der Waals surface area contributed by atoms with Crippen LogP contribution in [0.25, 0.3) is 0 Å². The number of rotatable bonds is 4. The van der Waals surface area contributed by atoms with E-state index in [1.54, 1.807) is 0 Å². The van der Waals surface area contributed by atoms with E-state index in [4.69, 9.17) is 4.42 Å². The van der Waals surface area contributed by atoms with E-state index in [0.29, 0.717) is 6.04 Å². The zero-order chi connectivity index (χ0) is 12.4. The van der Waals surface area contributed by atoms with Gasteiger partial charge in [0, 0.05) is 18.3 Å². The molecular weight excluding hydrogens is 282 g/mol. The highest BCUT2D eigenvalue weighted by Crippen LogP contribution is 2.23. The summed E-state index contributed by atoms with van der Waals surface area (Å²) in [5.74, 6) is 1.75. The highest BCUT2D eigenvalue weighted by molar-refractivity contribution is 9.10. The van der Waals surface area contributed by atoms with Gasteiger partial charge in [0.15, 0.2) is 4.67 Å². The Labute approximate surface area is 109 Å². The molecule has 5 heteroatoms. The maximum Gasteiger partial charge on any atom is 0.169 e. The van der Waals surface area contributed by atoms with Crippen LogP contribution in [0.3, 0.4) is 0 Å². The van der Waals surface area contributed by atoms with E-state index >= 15 is 0 Å². The molecule has 0 spiro atoms. The molecule has 4 nitrogen and oxygen atoms in total. The van der Waals surface area contributed by atoms with Crippen molar-refractivity contribution in [1.82, 2.24) is 9.78 Å². The maximum atomic E-state index is 5.49. The Morgan fingerprint density at radius 3 is 2.59 bits per heavy atom. The molecule has 0 aliphatic carbocycles. The van der Waals surface area contributed by atoms with Crippen molar-refractivity contribution in [3.8, 4) is 0 Å². The molecule has 92 valence electrons. The second kappa shape index (κ2) is 4.96. The second-order valence-electron chi connectivity index (χ2n) is 4.28. The first kappa shape index (κ1) is 12.2. The van der Waals surface area contributed by atoms with Crippen LogP contribution in [0.15, 0.2) is 33.5 Å². The van der Waals surface area contributed by atoms with E-state index in [2.05, 4.69) is 40.2 Å². The van der Waals surface area contributed by atoms with Crippen LogP contribution in [0.5, 0.6) is 0 Å². The fraction of sp³-hybridized carbons (Fsp3) is 0.417. The average molecular weight is 298 g/mol. The van der Waals surface area contributed by atoms with Crippen LogP contribution in [-0.2, 0) is 0 Å². The lowest BCUT2D eigenvalue weighted by molar-refractivity contribution is 0.469. The standard InChI is InChI=1S/C12H16BrN3O/c1-8(2)16-7-6-12(15-16)14-9(3)10-4-5-11(13)17-10/h4-9H,1-3H3,(H,14,15). The SMILES string of the molecule is CC(Nc1ccn(C(C)C)n1)c1ccc(Br)o1. The summed E-state index contributed by atoms with van der Waals surface area (Å²) in [7, 11) is 0. The number of aromatic nitrogens is 2. The Kier molecular flexibility index (Phi) is 3.57. The molecule has 2 aromatic heterocycles. The fourth-order valence-corrected chi connectivity index (χ4v) is 1.88. The normalized spacial score (nSPS) is 13.0. The summed E-state index contributed by atoms with van der Waals surface area (Å²) in [6, 6.07) is 6.27. The van der Waals surface area contributed by atoms with Gasteiger partial charge >= 0.3 is 0 Å². The Morgan fingerprint density at radius 1 is 1.29 bits per heavy atom. The van der Waals surface area contributed by atoms with Crippen molar-refractivity contribution in [3.05, 3.63) is 34.8 Å². The van der Waals surface area contributed by atoms with Crippen molar-refractivity contribution in [2.24, 2.45) is 0 Å². The van der Waals surface area contributed by atoms with E-state index in [-0.39, 0.29) is 6.04 Å². The Morgan fingerprint density at radius 2 is 2.06 bits per heavy atom. The molecule has 1 unspecified atom stereocenters. The lowest BCUT2D eigenvalue weighted by Gasteiger charge is -2.10. The van der Waals surface area contributed by atoms with E-state index in [9.17, 15) is 0 Å². The summed E-state index contributed by atoms with van der Waals surface area (Å²) < 4.78 is 8.16. The van der Waals surface area contributed by atoms with Gasteiger partial charge in [0.25, 0.3) is 0 Å². The summed E-state index contributed by atoms with van der Waals surface area (Å²) in [5, 5.41) is 7.73. The van der Waals surface area contributed by atoms with E-state index in [0.717, 1.165) is 16.2 Å².